The van der Waals surface area contributed by atoms with Gasteiger partial charge < -0.3 is 5.32 Å². The number of halogens is 2. The molecule has 0 unspecified atom stereocenters. The monoisotopic (exact) mass is 262 g/mol. The molecule has 0 aromatic carbocycles. The summed E-state index contributed by atoms with van der Waals surface area (Å²) in [6.45, 7) is 0.696. The fourth-order valence-corrected chi connectivity index (χ4v) is 1.56. The predicted octanol–water partition coefficient (Wildman–Crippen LogP) is 1.96. The van der Waals surface area contributed by atoms with Gasteiger partial charge >= 0.3 is 0 Å². The van der Waals surface area contributed by atoms with Gasteiger partial charge in [-0.15, -0.1) is 28.4 Å². The number of aromatic nitrogens is 3. The molecule has 0 radical (unpaired) electrons. The van der Waals surface area contributed by atoms with Crippen molar-refractivity contribution in [2.75, 3.05) is 23.4 Å². The molecular formula is C8H8Cl2N4S. The number of rotatable bonds is 5. The number of hydrogen-bond donors (Lipinski definition) is 1. The van der Waals surface area contributed by atoms with Gasteiger partial charge in [-0.25, -0.2) is 0 Å². The highest BCUT2D eigenvalue weighted by atomic mass is 35.5. The predicted molar refractivity (Wildman–Crippen MR) is 64.5 cm³/mol. The molecule has 7 heteroatoms. The summed E-state index contributed by atoms with van der Waals surface area (Å²) in [5, 5.41) is 10.4. The van der Waals surface area contributed by atoms with Crippen molar-refractivity contribution in [2.45, 2.75) is 0 Å². The number of anilines is 1. The zero-order valence-corrected chi connectivity index (χ0v) is 10.0. The molecule has 0 saturated carbocycles. The van der Waals surface area contributed by atoms with Gasteiger partial charge in [-0.05, 0) is 11.6 Å². The van der Waals surface area contributed by atoms with Crippen LogP contribution in [0.1, 0.15) is 0 Å². The highest BCUT2D eigenvalue weighted by Crippen LogP contribution is 2.16. The largest absolute Gasteiger partial charge is 0.367 e. The average molecular weight is 263 g/mol. The Morgan fingerprint density at radius 2 is 2.20 bits per heavy atom. The van der Waals surface area contributed by atoms with Crippen LogP contribution in [0.25, 0.3) is 0 Å². The van der Waals surface area contributed by atoms with Crippen LogP contribution < -0.4 is 5.32 Å². The van der Waals surface area contributed by atoms with Crippen LogP contribution in [-0.2, 0) is 0 Å². The fraction of sp³-hybridized carbons (Fsp3) is 0.375. The smallest absolute Gasteiger partial charge is 0.245 e. The van der Waals surface area contributed by atoms with Crippen LogP contribution in [0.2, 0.25) is 10.4 Å². The third-order valence-corrected chi connectivity index (χ3v) is 2.62. The van der Waals surface area contributed by atoms with Crippen molar-refractivity contribution in [3.63, 3.8) is 0 Å². The van der Waals surface area contributed by atoms with E-state index < -0.39 is 0 Å². The molecule has 1 heterocycles. The second-order valence-electron chi connectivity index (χ2n) is 2.40. The topological polar surface area (TPSA) is 50.7 Å². The van der Waals surface area contributed by atoms with Crippen molar-refractivity contribution in [2.24, 2.45) is 0 Å². The zero-order chi connectivity index (χ0) is 11.1. The standard InChI is InChI=1S/C8H8Cl2N4S/c1-2-4-15-5-3-11-7-6(9)13-14-8(10)12-7/h1H,3-5H2,(H,11,12,14). The SMILES string of the molecule is C#CCSCCNc1nc(Cl)nnc1Cl. The Morgan fingerprint density at radius 3 is 2.93 bits per heavy atom. The second kappa shape index (κ2) is 6.72. The van der Waals surface area contributed by atoms with E-state index in [0.29, 0.717) is 18.1 Å². The number of thioether (sulfide) groups is 1. The zero-order valence-electron chi connectivity index (χ0n) is 7.70. The number of nitrogens with zero attached hydrogens (tertiary/aromatic N) is 3. The molecule has 0 aliphatic heterocycles. The molecule has 1 aromatic rings. The van der Waals surface area contributed by atoms with Crippen LogP contribution in [0.3, 0.4) is 0 Å². The molecule has 0 saturated heterocycles. The van der Waals surface area contributed by atoms with E-state index in [0.717, 1.165) is 5.75 Å². The van der Waals surface area contributed by atoms with Crippen LogP contribution in [-0.4, -0.2) is 33.2 Å². The van der Waals surface area contributed by atoms with Gasteiger partial charge in [-0.3, -0.25) is 0 Å². The maximum absolute atomic E-state index is 5.74. The van der Waals surface area contributed by atoms with Gasteiger partial charge in [0.05, 0.1) is 5.75 Å². The van der Waals surface area contributed by atoms with E-state index in [-0.39, 0.29) is 10.4 Å². The Labute approximate surface area is 102 Å². The summed E-state index contributed by atoms with van der Waals surface area (Å²) >= 11 is 12.9. The molecule has 80 valence electrons. The number of terminal acetylenes is 1. The Balaban J connectivity index is 2.37. The highest BCUT2D eigenvalue weighted by molar-refractivity contribution is 7.99. The van der Waals surface area contributed by atoms with E-state index in [1.54, 1.807) is 11.8 Å². The molecule has 0 amide bonds. The summed E-state index contributed by atoms with van der Waals surface area (Å²) < 4.78 is 0. The van der Waals surface area contributed by atoms with Crippen LogP contribution in [0.15, 0.2) is 0 Å². The van der Waals surface area contributed by atoms with Crippen LogP contribution in [0.5, 0.6) is 0 Å². The Hall–Kier alpha value is -0.700. The summed E-state index contributed by atoms with van der Waals surface area (Å²) in [6, 6.07) is 0. The lowest BCUT2D eigenvalue weighted by Crippen LogP contribution is -2.08. The minimum absolute atomic E-state index is 0.0678. The first-order chi connectivity index (χ1) is 7.24. The van der Waals surface area contributed by atoms with E-state index in [9.17, 15) is 0 Å². The third kappa shape index (κ3) is 4.56. The first-order valence-corrected chi connectivity index (χ1v) is 5.96. The lowest BCUT2D eigenvalue weighted by Gasteiger charge is -2.04. The van der Waals surface area contributed by atoms with Gasteiger partial charge in [0.1, 0.15) is 0 Å². The summed E-state index contributed by atoms with van der Waals surface area (Å²) in [5.74, 6) is 4.54. The minimum atomic E-state index is 0.0678. The molecule has 4 nitrogen and oxygen atoms in total. The molecule has 1 aromatic heterocycles. The van der Waals surface area contributed by atoms with Gasteiger partial charge in [0.25, 0.3) is 0 Å². The van der Waals surface area contributed by atoms with Crippen molar-refractivity contribution >= 4 is 40.8 Å². The molecule has 0 aliphatic rings. The van der Waals surface area contributed by atoms with Crippen molar-refractivity contribution in [1.82, 2.24) is 15.2 Å². The molecule has 0 spiro atoms. The second-order valence-corrected chi connectivity index (χ2v) is 4.20. The normalized spacial score (nSPS) is 9.67. The summed E-state index contributed by atoms with van der Waals surface area (Å²) in [6.07, 6.45) is 5.11. The summed E-state index contributed by atoms with van der Waals surface area (Å²) in [4.78, 5) is 3.89. The lowest BCUT2D eigenvalue weighted by atomic mass is 10.6. The van der Waals surface area contributed by atoms with Crippen molar-refractivity contribution in [3.8, 4) is 12.3 Å². The quantitative estimate of drug-likeness (QED) is 0.650. The number of nitrogens with one attached hydrogen (secondary N) is 1. The van der Waals surface area contributed by atoms with Crippen molar-refractivity contribution in [3.05, 3.63) is 10.4 Å². The highest BCUT2D eigenvalue weighted by Gasteiger charge is 2.04. The van der Waals surface area contributed by atoms with Gasteiger partial charge in [0, 0.05) is 12.3 Å². The van der Waals surface area contributed by atoms with Crippen LogP contribution >= 0.6 is 35.0 Å². The molecule has 0 bridgehead atoms. The van der Waals surface area contributed by atoms with Gasteiger partial charge in [0.2, 0.25) is 5.28 Å². The number of hydrogen-bond acceptors (Lipinski definition) is 5. The Bertz CT molecular complexity index is 366. The molecule has 0 fully saturated rings. The van der Waals surface area contributed by atoms with E-state index in [4.69, 9.17) is 29.6 Å². The minimum Gasteiger partial charge on any atom is -0.367 e. The van der Waals surface area contributed by atoms with E-state index in [1.807, 2.05) is 0 Å². The molecule has 1 rings (SSSR count). The molecule has 1 N–H and O–H groups in total. The molecule has 0 atom stereocenters. The van der Waals surface area contributed by atoms with Crippen molar-refractivity contribution < 1.29 is 0 Å². The first-order valence-electron chi connectivity index (χ1n) is 4.05. The maximum atomic E-state index is 5.74. The summed E-state index contributed by atoms with van der Waals surface area (Å²) in [7, 11) is 0. The molecular weight excluding hydrogens is 255 g/mol. The Kier molecular flexibility index (Phi) is 5.54. The van der Waals surface area contributed by atoms with E-state index >= 15 is 0 Å². The van der Waals surface area contributed by atoms with Crippen LogP contribution in [0.4, 0.5) is 5.82 Å². The van der Waals surface area contributed by atoms with E-state index in [1.165, 1.54) is 0 Å². The van der Waals surface area contributed by atoms with E-state index in [2.05, 4.69) is 26.4 Å². The average Bonchev–Trinajstić information content (AvgIpc) is 2.23. The summed E-state index contributed by atoms with van der Waals surface area (Å²) in [5.41, 5.74) is 0. The lowest BCUT2D eigenvalue weighted by molar-refractivity contribution is 0.964. The van der Waals surface area contributed by atoms with Crippen LogP contribution in [0, 0.1) is 12.3 Å². The van der Waals surface area contributed by atoms with Gasteiger partial charge in [0.15, 0.2) is 11.0 Å². The maximum Gasteiger partial charge on any atom is 0.245 e. The molecule has 0 aliphatic carbocycles. The Morgan fingerprint density at radius 1 is 1.40 bits per heavy atom. The fourth-order valence-electron chi connectivity index (χ4n) is 0.778. The third-order valence-electron chi connectivity index (χ3n) is 1.34. The van der Waals surface area contributed by atoms with Gasteiger partial charge in [-0.2, -0.15) is 4.98 Å². The van der Waals surface area contributed by atoms with Crippen molar-refractivity contribution in [1.29, 1.82) is 0 Å². The van der Waals surface area contributed by atoms with Gasteiger partial charge in [-0.1, -0.05) is 17.5 Å². The molecule has 15 heavy (non-hydrogen) atoms. The first kappa shape index (κ1) is 12.4.